The Bertz CT molecular complexity index is 3780. The molecule has 93 heavy (non-hydrogen) atoms. The number of halogens is 8. The van der Waals surface area contributed by atoms with Gasteiger partial charge in [0.05, 0.1) is 82.8 Å². The van der Waals surface area contributed by atoms with Crippen molar-refractivity contribution in [3.8, 4) is 57.1 Å². The number of ether oxygens (including phenoxy) is 6. The maximum atomic E-state index is 12.9. The summed E-state index contributed by atoms with van der Waals surface area (Å²) in [6, 6.07) is 27.1. The average Bonchev–Trinajstić information content (AvgIpc) is 1.87. The first kappa shape index (κ1) is 91.0. The van der Waals surface area contributed by atoms with Crippen molar-refractivity contribution in [2.45, 2.75) is 39.9 Å². The maximum Gasteiger partial charge on any atom is 2.00 e. The normalized spacial score (nSPS) is 11.3. The van der Waals surface area contributed by atoms with Gasteiger partial charge in [0.25, 0.3) is 0 Å². The van der Waals surface area contributed by atoms with E-state index in [1.165, 1.54) is 0 Å². The molecule has 0 amide bonds. The van der Waals surface area contributed by atoms with Crippen molar-refractivity contribution in [3.63, 3.8) is 0 Å². The van der Waals surface area contributed by atoms with E-state index in [1.807, 2.05) is 141 Å². The van der Waals surface area contributed by atoms with Crippen LogP contribution >= 0.6 is 0 Å². The molecule has 2 N–H and O–H groups in total. The third kappa shape index (κ3) is 24.1. The fourth-order valence-corrected chi connectivity index (χ4v) is 11.1. The molecule has 31 heteroatoms. The van der Waals surface area contributed by atoms with Gasteiger partial charge < -0.3 is 248 Å². The van der Waals surface area contributed by atoms with Crippen LogP contribution in [0.25, 0.3) is 89.7 Å². The quantitative estimate of drug-likeness (QED) is 0.0188. The second kappa shape index (κ2) is 39.7. The Labute approximate surface area is 692 Å². The van der Waals surface area contributed by atoms with Crippen molar-refractivity contribution in [2.24, 2.45) is 0 Å². The molecule has 3 aromatic heterocycles. The molecule has 22 nitrogen and oxygen atoms in total. The van der Waals surface area contributed by atoms with Gasteiger partial charge in [-0.05, 0) is 64.1 Å². The Balaban J connectivity index is 0.00000940. The standard InChI is InChI=1S/C62H78N12O10.8HI.Zn/c1-13-79-51(75)35-71(5,6)31-41(32-72(7,8)36-52(76)80-14-2)83-39-25-27-47-49(29-39)62-68-59(47)66-57-44-22-18-17-21-43(44)55(64-57)63-56-45-23-19-20-24-46(45)58(65-56)67-61-50-30-40(26-28-48(50)60(69-61)70-62)84-42(33-73(9,10)37-53(77)81-15-3)34-74(11,12)38-54(78)82-16-4;;;;;;;;;/h17-30,41-42H,13-16,31-38H2,1-12H3,(H2,63,64,65,66,67,68,69,70);8*1H;/q+4;;;;;;;;;+2/p-8. The number of hydrogen-bond donors (Lipinski definition) is 2. The van der Waals surface area contributed by atoms with Crippen LogP contribution in [0.15, 0.2) is 84.9 Å². The second-order valence-corrected chi connectivity index (χ2v) is 23.9. The van der Waals surface area contributed by atoms with E-state index in [-0.39, 0.29) is 306 Å². The number of esters is 4. The molecule has 5 heterocycles. The Morgan fingerprint density at radius 2 is 0.645 bits per heavy atom. The zero-order chi connectivity index (χ0) is 60.1. The summed E-state index contributed by atoms with van der Waals surface area (Å²) in [7, 11) is 15.6. The number of hydrogen-bond acceptors (Lipinski definition) is 16. The van der Waals surface area contributed by atoms with Gasteiger partial charge in [-0.2, -0.15) is 0 Å². The molecule has 506 valence electrons. The van der Waals surface area contributed by atoms with Crippen LogP contribution in [-0.4, -0.2) is 229 Å². The number of aromatic nitrogens is 8. The maximum absolute atomic E-state index is 12.9. The molecule has 0 atom stereocenters. The number of carbonyl (C=O) groups is 4. The van der Waals surface area contributed by atoms with E-state index in [0.717, 1.165) is 21.9 Å². The molecule has 2 aliphatic heterocycles. The number of fused-ring (bicyclic) bond motifs is 20. The first-order valence-electron chi connectivity index (χ1n) is 28.5. The average molecular weight is 2230 g/mol. The van der Waals surface area contributed by atoms with E-state index in [1.54, 1.807) is 27.7 Å². The van der Waals surface area contributed by atoms with Gasteiger partial charge in [0.15, 0.2) is 61.7 Å². The van der Waals surface area contributed by atoms with Crippen LogP contribution in [0.1, 0.15) is 27.7 Å². The molecule has 9 rings (SSSR count). The Morgan fingerprint density at radius 1 is 0.366 bits per heavy atom. The molecule has 8 bridgehead atoms. The summed E-state index contributed by atoms with van der Waals surface area (Å²) in [5.41, 5.74) is 4.89. The van der Waals surface area contributed by atoms with Crippen LogP contribution in [0, 0.1) is 0 Å². The van der Waals surface area contributed by atoms with E-state index < -0.39 is 12.2 Å². The third-order valence-electron chi connectivity index (χ3n) is 14.4. The van der Waals surface area contributed by atoms with E-state index in [0.29, 0.717) is 105 Å². The molecule has 0 aliphatic carbocycles. The summed E-state index contributed by atoms with van der Waals surface area (Å²) in [4.78, 5) is 89.8. The first-order valence-corrected chi connectivity index (χ1v) is 28.5. The molecule has 0 fully saturated rings. The predicted octanol–water partition coefficient (Wildman–Crippen LogP) is -17.0. The van der Waals surface area contributed by atoms with Crippen LogP contribution in [0.5, 0.6) is 11.5 Å². The molecule has 0 saturated carbocycles. The first-order chi connectivity index (χ1) is 39.9. The van der Waals surface area contributed by atoms with Crippen LogP contribution < -0.4 is 201 Å². The fourth-order valence-electron chi connectivity index (χ4n) is 11.1. The van der Waals surface area contributed by atoms with E-state index >= 15 is 0 Å². The molecule has 2 aliphatic rings. The Morgan fingerprint density at radius 3 is 0.989 bits per heavy atom. The molecule has 0 saturated heterocycles. The SMILES string of the molecule is CCOC(=O)C[N+](C)(C)CC(C[N+](C)(C)CC(=O)OCC)Oc1ccc2c(c1)-c1nc-2nc2[nH]c(nc3nc(nc4[nH]c(n1)c1ccc(OC(C[N+](C)(C)CC(=O)OCC)C[N+](C)(C)CC(=O)OCC)cc41)-c1ccccc1-3)c1ccccc21.[I-].[I-].[I-].[I-].[I-].[I-].[I-].[I-].[Zn+2]. The number of benzene rings is 4. The monoisotopic (exact) mass is 2230 g/mol. The van der Waals surface area contributed by atoms with Crippen molar-refractivity contribution < 1.29 is 277 Å². The van der Waals surface area contributed by atoms with Crippen molar-refractivity contribution in [1.82, 2.24) is 39.9 Å². The second-order valence-electron chi connectivity index (χ2n) is 23.9. The van der Waals surface area contributed by atoms with Crippen molar-refractivity contribution in [1.29, 1.82) is 0 Å². The largest absolute Gasteiger partial charge is 2.00 e. The van der Waals surface area contributed by atoms with E-state index in [9.17, 15) is 19.2 Å². The summed E-state index contributed by atoms with van der Waals surface area (Å²) in [5.74, 6) is 1.35. The Kier molecular flexibility index (Phi) is 38.9. The van der Waals surface area contributed by atoms with Crippen molar-refractivity contribution in [2.75, 3.05) is 135 Å². The number of aromatic amines is 2. The molecular formula is C62H78I8N12O10Zn-2. The Hall–Kier alpha value is -1.98. The zero-order valence-electron chi connectivity index (χ0n) is 54.0. The number of carbonyl (C=O) groups excluding carboxylic acids is 4. The van der Waals surface area contributed by atoms with Gasteiger partial charge in [-0.3, -0.25) is 0 Å². The van der Waals surface area contributed by atoms with Crippen LogP contribution in [0.4, 0.5) is 0 Å². The third-order valence-corrected chi connectivity index (χ3v) is 14.4. The van der Waals surface area contributed by atoms with Gasteiger partial charge >= 0.3 is 43.4 Å². The summed E-state index contributed by atoms with van der Waals surface area (Å²) in [6.07, 6.45) is -1.02. The number of quaternary nitrogens is 4. The molecule has 0 radical (unpaired) electrons. The van der Waals surface area contributed by atoms with Gasteiger partial charge in [-0.25, -0.2) is 49.1 Å². The minimum Gasteiger partial charge on any atom is -1.00 e. The van der Waals surface area contributed by atoms with Crippen LogP contribution in [-0.2, 0) is 57.6 Å². The number of nitrogens with one attached hydrogen (secondary N) is 2. The molecule has 0 spiro atoms. The zero-order valence-corrected chi connectivity index (χ0v) is 74.2. The minimum absolute atomic E-state index is 0. The van der Waals surface area contributed by atoms with Gasteiger partial charge in [0.2, 0.25) is 0 Å². The summed E-state index contributed by atoms with van der Waals surface area (Å²) < 4.78 is 36.4. The molecule has 4 aromatic carbocycles. The molecule has 0 unspecified atom stereocenters. The number of likely N-dealkylation sites (N-methyl/N-ethyl adjacent to an activating group) is 4. The number of H-pyrrole nitrogens is 2. The van der Waals surface area contributed by atoms with Gasteiger partial charge in [-0.1, -0.05) is 48.5 Å². The number of rotatable bonds is 24. The van der Waals surface area contributed by atoms with Gasteiger partial charge in [0.1, 0.15) is 60.3 Å². The summed E-state index contributed by atoms with van der Waals surface area (Å²) in [5, 5.41) is 3.02. The van der Waals surface area contributed by atoms with Gasteiger partial charge in [0, 0.05) is 43.8 Å². The minimum atomic E-state index is -0.510. The van der Waals surface area contributed by atoms with E-state index in [2.05, 4.69) is 9.97 Å². The summed E-state index contributed by atoms with van der Waals surface area (Å²) >= 11 is 0. The number of nitrogens with zero attached hydrogens (tertiary/aromatic N) is 10. The van der Waals surface area contributed by atoms with Crippen molar-refractivity contribution in [3.05, 3.63) is 84.9 Å². The smallest absolute Gasteiger partial charge is 1.00 e. The topological polar surface area (TPSA) is 233 Å². The van der Waals surface area contributed by atoms with Crippen molar-refractivity contribution >= 4 is 68.0 Å². The van der Waals surface area contributed by atoms with Crippen LogP contribution in [0.3, 0.4) is 0 Å². The van der Waals surface area contributed by atoms with Crippen LogP contribution in [0.2, 0.25) is 0 Å². The molecular weight excluding hydrogens is 2150 g/mol. The molecule has 7 aromatic rings. The predicted molar refractivity (Wildman–Crippen MR) is 319 cm³/mol. The van der Waals surface area contributed by atoms with Gasteiger partial charge in [-0.15, -0.1) is 0 Å². The summed E-state index contributed by atoms with van der Waals surface area (Å²) in [6.45, 7) is 10.2. The fraction of sp³-hybridized carbons (Fsp3) is 0.419. The van der Waals surface area contributed by atoms with E-state index in [4.69, 9.17) is 58.3 Å².